The van der Waals surface area contributed by atoms with Gasteiger partial charge in [-0.1, -0.05) is 44.9 Å². The van der Waals surface area contributed by atoms with Crippen LogP contribution in [0.4, 0.5) is 0 Å². The first-order chi connectivity index (χ1) is 4.97. The van der Waals surface area contributed by atoms with Crippen LogP contribution in [0.25, 0.3) is 0 Å². The first-order valence-corrected chi connectivity index (χ1v) is 4.97. The van der Waals surface area contributed by atoms with Crippen molar-refractivity contribution < 1.29 is 0 Å². The molecule has 0 aromatic carbocycles. The summed E-state index contributed by atoms with van der Waals surface area (Å²) in [5.74, 6) is 2.36. The van der Waals surface area contributed by atoms with Gasteiger partial charge in [0.25, 0.3) is 0 Å². The summed E-state index contributed by atoms with van der Waals surface area (Å²) >= 11 is 0. The van der Waals surface area contributed by atoms with Crippen LogP contribution in [0.1, 0.15) is 51.4 Å². The summed E-state index contributed by atoms with van der Waals surface area (Å²) in [6.45, 7) is 0. The lowest BCUT2D eigenvalue weighted by molar-refractivity contribution is 0.593. The maximum Gasteiger partial charge on any atom is -0.0383 e. The van der Waals surface area contributed by atoms with Gasteiger partial charge in [0.15, 0.2) is 0 Å². The minimum Gasteiger partial charge on any atom is -0.0533 e. The molecular formula is C10H18. The van der Waals surface area contributed by atoms with Crippen LogP contribution in [0.3, 0.4) is 0 Å². The highest BCUT2D eigenvalue weighted by atomic mass is 14.4. The van der Waals surface area contributed by atoms with E-state index in [0.717, 1.165) is 0 Å². The number of rotatable bonds is 0. The van der Waals surface area contributed by atoms with Crippen LogP contribution in [-0.4, -0.2) is 0 Å². The number of hydrogen-bond donors (Lipinski definition) is 0. The first-order valence-electron chi connectivity index (χ1n) is 4.97. The third-order valence-electron chi connectivity index (χ3n) is 3.22. The van der Waals surface area contributed by atoms with Crippen molar-refractivity contribution in [1.29, 1.82) is 0 Å². The molecule has 0 heteroatoms. The van der Waals surface area contributed by atoms with Crippen molar-refractivity contribution in [2.45, 2.75) is 51.4 Å². The normalized spacial score (nSPS) is 40.8. The van der Waals surface area contributed by atoms with Gasteiger partial charge in [0.05, 0.1) is 0 Å². The Balaban J connectivity index is 1.77. The SMILES string of the molecule is C1CCC[C@@H]2C[C@H]2CCC1. The van der Waals surface area contributed by atoms with Gasteiger partial charge in [-0.15, -0.1) is 0 Å². The molecule has 2 fully saturated rings. The summed E-state index contributed by atoms with van der Waals surface area (Å²) in [5, 5.41) is 0. The van der Waals surface area contributed by atoms with Gasteiger partial charge in [0.2, 0.25) is 0 Å². The minimum absolute atomic E-state index is 1.18. The van der Waals surface area contributed by atoms with E-state index in [1.165, 1.54) is 43.9 Å². The van der Waals surface area contributed by atoms with E-state index in [9.17, 15) is 0 Å². The van der Waals surface area contributed by atoms with Crippen molar-refractivity contribution in [3.63, 3.8) is 0 Å². The molecule has 0 saturated heterocycles. The summed E-state index contributed by atoms with van der Waals surface area (Å²) in [4.78, 5) is 0. The van der Waals surface area contributed by atoms with Crippen LogP contribution in [0.15, 0.2) is 0 Å². The molecule has 0 heterocycles. The van der Waals surface area contributed by atoms with E-state index >= 15 is 0 Å². The topological polar surface area (TPSA) is 0 Å². The second-order valence-electron chi connectivity index (χ2n) is 4.10. The van der Waals surface area contributed by atoms with Gasteiger partial charge in [-0.2, -0.15) is 0 Å². The molecule has 10 heavy (non-hydrogen) atoms. The van der Waals surface area contributed by atoms with Crippen molar-refractivity contribution in [3.05, 3.63) is 0 Å². The average Bonchev–Trinajstić information content (AvgIpc) is 2.66. The molecule has 2 saturated carbocycles. The first kappa shape index (κ1) is 6.69. The highest BCUT2D eigenvalue weighted by Crippen LogP contribution is 2.46. The quantitative estimate of drug-likeness (QED) is 0.481. The van der Waals surface area contributed by atoms with Crippen LogP contribution < -0.4 is 0 Å². The molecule has 0 unspecified atom stereocenters. The molecule has 0 radical (unpaired) electrons. The lowest BCUT2D eigenvalue weighted by atomic mass is 10.1. The average molecular weight is 138 g/mol. The van der Waals surface area contributed by atoms with Crippen molar-refractivity contribution in [2.24, 2.45) is 11.8 Å². The molecule has 2 rings (SSSR count). The van der Waals surface area contributed by atoms with Crippen molar-refractivity contribution in [1.82, 2.24) is 0 Å². The second-order valence-corrected chi connectivity index (χ2v) is 4.10. The number of fused-ring (bicyclic) bond motifs is 1. The molecule has 0 nitrogen and oxygen atoms in total. The Labute approximate surface area is 64.0 Å². The molecular weight excluding hydrogens is 120 g/mol. The summed E-state index contributed by atoms with van der Waals surface area (Å²) in [6.07, 6.45) is 12.3. The second kappa shape index (κ2) is 2.94. The maximum absolute atomic E-state index is 1.58. The van der Waals surface area contributed by atoms with Gasteiger partial charge in [-0.05, 0) is 18.3 Å². The molecule has 2 atom stereocenters. The lowest BCUT2D eigenvalue weighted by Gasteiger charge is -1.96. The zero-order chi connectivity index (χ0) is 6.81. The van der Waals surface area contributed by atoms with Gasteiger partial charge < -0.3 is 0 Å². The molecule has 0 spiro atoms. The highest BCUT2D eigenvalue weighted by Gasteiger charge is 2.35. The maximum atomic E-state index is 1.58. The molecule has 0 N–H and O–H groups in total. The van der Waals surface area contributed by atoms with E-state index in [1.807, 2.05) is 0 Å². The fourth-order valence-corrected chi connectivity index (χ4v) is 2.36. The third-order valence-corrected chi connectivity index (χ3v) is 3.22. The Hall–Kier alpha value is 0. The fraction of sp³-hybridized carbons (Fsp3) is 1.00. The smallest absolute Gasteiger partial charge is 0.0383 e. The largest absolute Gasteiger partial charge is 0.0533 e. The Bertz CT molecular complexity index is 94.6. The molecule has 0 aromatic rings. The van der Waals surface area contributed by atoms with E-state index in [-0.39, 0.29) is 0 Å². The predicted octanol–water partition coefficient (Wildman–Crippen LogP) is 3.37. The van der Waals surface area contributed by atoms with E-state index in [4.69, 9.17) is 0 Å². The Morgan fingerprint density at radius 1 is 0.600 bits per heavy atom. The summed E-state index contributed by atoms with van der Waals surface area (Å²) in [7, 11) is 0. The Morgan fingerprint density at radius 3 is 1.70 bits per heavy atom. The van der Waals surface area contributed by atoms with Crippen molar-refractivity contribution in [2.75, 3.05) is 0 Å². The van der Waals surface area contributed by atoms with Gasteiger partial charge in [0, 0.05) is 0 Å². The van der Waals surface area contributed by atoms with E-state index < -0.39 is 0 Å². The molecule has 2 aliphatic carbocycles. The Morgan fingerprint density at radius 2 is 1.10 bits per heavy atom. The van der Waals surface area contributed by atoms with Gasteiger partial charge >= 0.3 is 0 Å². The van der Waals surface area contributed by atoms with Crippen LogP contribution in [0, 0.1) is 11.8 Å². The highest BCUT2D eigenvalue weighted by molar-refractivity contribution is 4.86. The van der Waals surface area contributed by atoms with Crippen LogP contribution in [-0.2, 0) is 0 Å². The zero-order valence-corrected chi connectivity index (χ0v) is 6.81. The van der Waals surface area contributed by atoms with E-state index in [1.54, 1.807) is 19.3 Å². The molecule has 2 aliphatic rings. The zero-order valence-electron chi connectivity index (χ0n) is 6.81. The van der Waals surface area contributed by atoms with E-state index in [2.05, 4.69) is 0 Å². The van der Waals surface area contributed by atoms with Crippen molar-refractivity contribution in [3.8, 4) is 0 Å². The Kier molecular flexibility index (Phi) is 1.97. The van der Waals surface area contributed by atoms with Crippen molar-refractivity contribution >= 4 is 0 Å². The molecule has 0 aromatic heterocycles. The van der Waals surface area contributed by atoms with Gasteiger partial charge in [-0.25, -0.2) is 0 Å². The standard InChI is InChI=1S/C10H18/c1-2-4-6-9-8-10(9)7-5-3-1/h9-10H,1-8H2/t9-,10-/m1/s1. The summed E-state index contributed by atoms with van der Waals surface area (Å²) in [5.41, 5.74) is 0. The summed E-state index contributed by atoms with van der Waals surface area (Å²) < 4.78 is 0. The van der Waals surface area contributed by atoms with E-state index in [0.29, 0.717) is 0 Å². The lowest BCUT2D eigenvalue weighted by Crippen LogP contribution is -1.80. The molecule has 0 bridgehead atoms. The summed E-state index contributed by atoms with van der Waals surface area (Å²) in [6, 6.07) is 0. The predicted molar refractivity (Wildman–Crippen MR) is 43.9 cm³/mol. The molecule has 58 valence electrons. The fourth-order valence-electron chi connectivity index (χ4n) is 2.36. The molecule has 0 aliphatic heterocycles. The van der Waals surface area contributed by atoms with Crippen LogP contribution in [0.5, 0.6) is 0 Å². The minimum atomic E-state index is 1.18. The van der Waals surface area contributed by atoms with Crippen LogP contribution >= 0.6 is 0 Å². The van der Waals surface area contributed by atoms with Gasteiger partial charge in [-0.3, -0.25) is 0 Å². The van der Waals surface area contributed by atoms with Crippen LogP contribution in [0.2, 0.25) is 0 Å². The third kappa shape index (κ3) is 1.53. The number of hydrogen-bond acceptors (Lipinski definition) is 0. The molecule has 0 amide bonds. The monoisotopic (exact) mass is 138 g/mol. The van der Waals surface area contributed by atoms with Gasteiger partial charge in [0.1, 0.15) is 0 Å².